The topological polar surface area (TPSA) is 236 Å². The number of likely N-dealkylation sites (tertiary alicyclic amines) is 1. The van der Waals surface area contributed by atoms with Gasteiger partial charge in [0.25, 0.3) is 0 Å². The molecule has 4 atom stereocenters. The van der Waals surface area contributed by atoms with E-state index in [9.17, 15) is 35.2 Å². The highest BCUT2D eigenvalue weighted by Crippen LogP contribution is 2.41. The van der Waals surface area contributed by atoms with Crippen molar-refractivity contribution < 1.29 is 63.6 Å². The largest absolute Gasteiger partial charge is 0.484 e. The summed E-state index contributed by atoms with van der Waals surface area (Å²) in [6.07, 6.45) is 7.57. The first-order valence-electron chi connectivity index (χ1n) is 28.6. The summed E-state index contributed by atoms with van der Waals surface area (Å²) in [7, 11) is -5.56. The first-order chi connectivity index (χ1) is 39.7. The first kappa shape index (κ1) is 64.0. The maximum absolute atomic E-state index is 14.3. The van der Waals surface area contributed by atoms with Gasteiger partial charge in [0.05, 0.1) is 74.7 Å². The van der Waals surface area contributed by atoms with Crippen molar-refractivity contribution in [2.45, 2.75) is 98.8 Å². The van der Waals surface area contributed by atoms with E-state index in [1.807, 2.05) is 19.2 Å². The van der Waals surface area contributed by atoms with Crippen molar-refractivity contribution in [1.29, 1.82) is 0 Å². The molecule has 82 heavy (non-hydrogen) atoms. The minimum Gasteiger partial charge on any atom is -0.484 e. The molecule has 2 aliphatic carbocycles. The normalized spacial score (nSPS) is 18.0. The van der Waals surface area contributed by atoms with Crippen molar-refractivity contribution in [2.75, 3.05) is 119 Å². The molecule has 0 spiro atoms. The van der Waals surface area contributed by atoms with Gasteiger partial charge in [0.1, 0.15) is 35.3 Å². The fourth-order valence-electron chi connectivity index (χ4n) is 10.2. The number of piperidine rings is 1. The number of hydrogen-bond acceptors (Lipinski definition) is 14. The quantitative estimate of drug-likeness (QED) is 0.0288. The Bertz CT molecular complexity index is 2840. The number of nitrogens with zero attached hydrogens (tertiary/aromatic N) is 2. The number of halogens is 2. The molecule has 0 bridgehead atoms. The van der Waals surface area contributed by atoms with Gasteiger partial charge in [-0.25, -0.2) is 44.6 Å². The minimum absolute atomic E-state index is 0.0197. The lowest BCUT2D eigenvalue weighted by Gasteiger charge is -2.35. The van der Waals surface area contributed by atoms with Crippen LogP contribution in [0.3, 0.4) is 0 Å². The molecule has 0 aromatic heterocycles. The van der Waals surface area contributed by atoms with Crippen molar-refractivity contribution in [1.82, 2.24) is 40.5 Å². The molecule has 7 rings (SSSR count). The molecule has 20 nitrogen and oxygen atoms in total. The smallest absolute Gasteiger partial charge is 0.314 e. The number of ether oxygens (including phenoxy) is 6. The van der Waals surface area contributed by atoms with Gasteiger partial charge >= 0.3 is 12.1 Å². The Balaban J connectivity index is 0.628. The van der Waals surface area contributed by atoms with Crippen LogP contribution in [0.5, 0.6) is 11.5 Å². The van der Waals surface area contributed by atoms with E-state index in [1.54, 1.807) is 30.3 Å². The fourth-order valence-corrected chi connectivity index (χ4v) is 12.2. The zero-order valence-corrected chi connectivity index (χ0v) is 48.8. The van der Waals surface area contributed by atoms with Crippen LogP contribution in [0, 0.1) is 11.6 Å². The predicted octanol–water partition coefficient (Wildman–Crippen LogP) is 5.97. The maximum atomic E-state index is 14.3. The third-order valence-corrected chi connectivity index (χ3v) is 17.5. The molecule has 1 aliphatic heterocycles. The lowest BCUT2D eigenvalue weighted by atomic mass is 10.0. The van der Waals surface area contributed by atoms with Crippen LogP contribution < -0.4 is 40.2 Å². The van der Waals surface area contributed by atoms with Crippen LogP contribution in [0.4, 0.5) is 18.4 Å². The lowest BCUT2D eigenvalue weighted by molar-refractivity contribution is 0.0516. The molecular weight excluding hydrogens is 1100 g/mol. The zero-order chi connectivity index (χ0) is 58.2. The molecule has 4 unspecified atom stereocenters. The van der Waals surface area contributed by atoms with E-state index < -0.39 is 26.2 Å². The summed E-state index contributed by atoms with van der Waals surface area (Å²) in [5, 5.41) is 10.9. The Hall–Kier alpha value is -5.54. The van der Waals surface area contributed by atoms with Gasteiger partial charge in [-0.2, -0.15) is 0 Å². The predicted molar refractivity (Wildman–Crippen MR) is 306 cm³/mol. The van der Waals surface area contributed by atoms with Crippen LogP contribution >= 0.6 is 0 Å². The van der Waals surface area contributed by atoms with E-state index in [4.69, 9.17) is 28.4 Å². The summed E-state index contributed by atoms with van der Waals surface area (Å²) < 4.78 is 120. The van der Waals surface area contributed by atoms with Crippen molar-refractivity contribution >= 4 is 32.1 Å². The van der Waals surface area contributed by atoms with Crippen molar-refractivity contribution in [3.05, 3.63) is 119 Å². The number of likely N-dealkylation sites (N-methyl/N-ethyl adjacent to an activating group) is 1. The number of unbranched alkanes of at least 4 members (excludes halogenated alkanes) is 2. The summed E-state index contributed by atoms with van der Waals surface area (Å²) in [4.78, 5) is 29.1. The molecule has 1 heterocycles. The van der Waals surface area contributed by atoms with Gasteiger partial charge < -0.3 is 49.7 Å². The Morgan fingerprint density at radius 2 is 0.988 bits per heavy atom. The molecule has 452 valence electrons. The average molecular weight is 1190 g/mol. The third-order valence-electron chi connectivity index (χ3n) is 14.5. The number of carbonyl (C=O) groups is 2. The van der Waals surface area contributed by atoms with E-state index in [0.29, 0.717) is 37.4 Å². The number of sulfonamides is 2. The summed E-state index contributed by atoms with van der Waals surface area (Å²) in [5.74, 6) is 0.372. The molecule has 24 heteroatoms. The number of rotatable bonds is 36. The van der Waals surface area contributed by atoms with E-state index in [-0.39, 0.29) is 131 Å². The second-order valence-electron chi connectivity index (χ2n) is 20.5. The summed E-state index contributed by atoms with van der Waals surface area (Å²) in [5.41, 5.74) is 3.76. The van der Waals surface area contributed by atoms with Gasteiger partial charge in [0.15, 0.2) is 0 Å². The highest BCUT2D eigenvalue weighted by molar-refractivity contribution is 7.89. The number of hydrogen-bond donors (Lipinski definition) is 6. The van der Waals surface area contributed by atoms with Gasteiger partial charge in [-0.3, -0.25) is 9.80 Å². The Morgan fingerprint density at radius 3 is 1.48 bits per heavy atom. The van der Waals surface area contributed by atoms with Crippen LogP contribution in [0.1, 0.15) is 86.3 Å². The van der Waals surface area contributed by atoms with Gasteiger partial charge in [0.2, 0.25) is 20.0 Å². The summed E-state index contributed by atoms with van der Waals surface area (Å²) in [6, 6.07) is 21.5. The summed E-state index contributed by atoms with van der Waals surface area (Å²) >= 11 is 0. The van der Waals surface area contributed by atoms with E-state index >= 15 is 0 Å². The highest BCUT2D eigenvalue weighted by Gasteiger charge is 2.39. The number of fused-ring (bicyclic) bond motifs is 2. The molecule has 1 saturated heterocycles. The van der Waals surface area contributed by atoms with Gasteiger partial charge in [-0.05, 0) is 156 Å². The molecule has 0 radical (unpaired) electrons. The molecular formula is C58H82F2N8O12S2. The number of nitrogens with one attached hydrogen (secondary N) is 6. The molecule has 6 N–H and O–H groups in total. The molecule has 4 amide bonds. The molecule has 4 aromatic carbocycles. The van der Waals surface area contributed by atoms with E-state index in [1.165, 1.54) is 48.9 Å². The lowest BCUT2D eigenvalue weighted by Crippen LogP contribution is -2.43. The second-order valence-corrected chi connectivity index (χ2v) is 24.0. The molecule has 0 saturated carbocycles. The second kappa shape index (κ2) is 33.1. The van der Waals surface area contributed by atoms with Crippen LogP contribution in [0.25, 0.3) is 0 Å². The number of urea groups is 2. The van der Waals surface area contributed by atoms with Crippen molar-refractivity contribution in [2.24, 2.45) is 0 Å². The van der Waals surface area contributed by atoms with Crippen molar-refractivity contribution in [3.8, 4) is 11.5 Å². The van der Waals surface area contributed by atoms with E-state index in [2.05, 4.69) is 47.4 Å². The number of amides is 4. The van der Waals surface area contributed by atoms with Crippen LogP contribution in [-0.4, -0.2) is 170 Å². The van der Waals surface area contributed by atoms with Gasteiger partial charge in [0, 0.05) is 50.4 Å². The van der Waals surface area contributed by atoms with E-state index in [0.717, 1.165) is 80.4 Å². The molecule has 4 aromatic rings. The third kappa shape index (κ3) is 20.1. The highest BCUT2D eigenvalue weighted by atomic mass is 32.2. The monoisotopic (exact) mass is 1180 g/mol. The average Bonchev–Trinajstić information content (AvgIpc) is 4.21. The Labute approximate surface area is 482 Å². The van der Waals surface area contributed by atoms with Crippen LogP contribution in [0.2, 0.25) is 0 Å². The van der Waals surface area contributed by atoms with Crippen molar-refractivity contribution in [3.63, 3.8) is 0 Å². The van der Waals surface area contributed by atoms with Crippen LogP contribution in [0.15, 0.2) is 94.7 Å². The standard InChI is InChI=1S/C58H82F2N8O12S2/c1-3-4-28-67(2)53-39-43-10-12-45(59)41-51(43)55(53)79-47-14-18-49(19-15-47)81(71,72)65-26-33-77-37-35-75-31-24-63-57(69)61-22-6-7-23-62-58(70)64-25-32-76-36-38-78-34-27-66-82(73,74)50-20-16-48(17-21-50)80-56-52-42-46(60)13-11-44(52)40-54(56)68-29-8-5-9-30-68/h10-21,41-42,53-56,65-66H,3-9,22-40H2,1-2H3,(H2,61,63,69)(H2,62,64,70). The Morgan fingerprint density at radius 1 is 0.549 bits per heavy atom. The molecule has 1 fully saturated rings. The Kier molecular flexibility index (Phi) is 25.8. The minimum atomic E-state index is -3.81. The molecule has 3 aliphatic rings. The maximum Gasteiger partial charge on any atom is 0.314 e. The first-order valence-corrected chi connectivity index (χ1v) is 31.6. The number of carbonyl (C=O) groups excluding carboxylic acids is 2. The fraction of sp³-hybridized carbons (Fsp3) is 0.552. The van der Waals surface area contributed by atoms with Gasteiger partial charge in [-0.1, -0.05) is 31.9 Å². The SMILES string of the molecule is CCCCN(C)C1Cc2ccc(F)cc2C1Oc1ccc(S(=O)(=O)NCCOCCOCCNC(=O)NCCCCNC(=O)NCCOCCOCCNS(=O)(=O)c2ccc(OC3c4cc(F)ccc4CC3N3CCCCC3)cc2)cc1. The summed E-state index contributed by atoms with van der Waals surface area (Å²) in [6.45, 7) is 8.21. The number of benzene rings is 4. The van der Waals surface area contributed by atoms with Gasteiger partial charge in [-0.15, -0.1) is 0 Å². The van der Waals surface area contributed by atoms with Crippen LogP contribution in [-0.2, 0) is 51.8 Å². The zero-order valence-electron chi connectivity index (χ0n) is 47.1.